The fraction of sp³-hybridized carbons (Fsp3) is 0.545. The highest BCUT2D eigenvalue weighted by Gasteiger charge is 2.31. The smallest absolute Gasteiger partial charge is 0.254 e. The number of methoxy groups -OCH3 is 1. The highest BCUT2D eigenvalue weighted by Crippen LogP contribution is 2.30. The molecule has 0 aliphatic carbocycles. The normalized spacial score (nSPS) is 17.7. The van der Waals surface area contributed by atoms with Gasteiger partial charge in [0, 0.05) is 30.4 Å². The van der Waals surface area contributed by atoms with E-state index in [9.17, 15) is 13.2 Å². The molecule has 3 rings (SSSR count). The second-order valence-electron chi connectivity index (χ2n) is 8.34. The van der Waals surface area contributed by atoms with Gasteiger partial charge in [0.05, 0.1) is 36.5 Å². The summed E-state index contributed by atoms with van der Waals surface area (Å²) in [5.74, 6) is 1.27. The average molecular weight is 450 g/mol. The van der Waals surface area contributed by atoms with E-state index < -0.39 is 9.84 Å². The molecule has 8 nitrogen and oxygen atoms in total. The van der Waals surface area contributed by atoms with Gasteiger partial charge < -0.3 is 14.4 Å². The molecule has 0 bridgehead atoms. The minimum Gasteiger partial charge on any atom is -0.493 e. The number of hydrogen-bond donors (Lipinski definition) is 0. The van der Waals surface area contributed by atoms with Gasteiger partial charge in [0.15, 0.2) is 21.3 Å². The number of carbonyl (C=O) groups excluding carboxylic acids is 1. The van der Waals surface area contributed by atoms with E-state index in [1.54, 1.807) is 37.3 Å². The molecule has 1 amide bonds. The Hall–Kier alpha value is -2.55. The molecule has 0 N–H and O–H groups in total. The van der Waals surface area contributed by atoms with Crippen LogP contribution in [0.1, 0.15) is 53.6 Å². The summed E-state index contributed by atoms with van der Waals surface area (Å²) in [4.78, 5) is 14.7. The van der Waals surface area contributed by atoms with Gasteiger partial charge in [-0.2, -0.15) is 5.10 Å². The van der Waals surface area contributed by atoms with Crippen molar-refractivity contribution < 1.29 is 22.7 Å². The average Bonchev–Trinajstić information content (AvgIpc) is 3.20. The third-order valence-corrected chi connectivity index (χ3v) is 7.29. The molecule has 1 aromatic carbocycles. The van der Waals surface area contributed by atoms with E-state index in [0.717, 1.165) is 17.0 Å². The van der Waals surface area contributed by atoms with Gasteiger partial charge in [-0.1, -0.05) is 0 Å². The van der Waals surface area contributed by atoms with E-state index in [2.05, 4.69) is 5.10 Å². The Morgan fingerprint density at radius 3 is 2.58 bits per heavy atom. The number of carbonyl (C=O) groups is 1. The predicted octanol–water partition coefficient (Wildman–Crippen LogP) is 2.93. The van der Waals surface area contributed by atoms with Crippen LogP contribution in [0.5, 0.6) is 11.5 Å². The minimum atomic E-state index is -3.00. The number of rotatable bonds is 7. The third-order valence-electron chi connectivity index (χ3n) is 5.54. The Kier molecular flexibility index (Phi) is 6.64. The molecule has 2 aromatic rings. The van der Waals surface area contributed by atoms with Crippen molar-refractivity contribution in [2.24, 2.45) is 0 Å². The summed E-state index contributed by atoms with van der Waals surface area (Å²) in [7, 11) is 0.284. The molecule has 1 saturated heterocycles. The lowest BCUT2D eigenvalue weighted by Gasteiger charge is -2.19. The summed E-state index contributed by atoms with van der Waals surface area (Å²) in [6.45, 7) is 8.06. The summed E-state index contributed by atoms with van der Waals surface area (Å²) in [6.07, 6.45) is 0.568. The predicted molar refractivity (Wildman–Crippen MR) is 119 cm³/mol. The number of sulfone groups is 1. The van der Waals surface area contributed by atoms with Crippen molar-refractivity contribution in [2.75, 3.05) is 25.7 Å². The van der Waals surface area contributed by atoms with Crippen LogP contribution in [-0.4, -0.2) is 60.8 Å². The molecule has 0 saturated carbocycles. The van der Waals surface area contributed by atoms with Gasteiger partial charge >= 0.3 is 0 Å². The van der Waals surface area contributed by atoms with Crippen LogP contribution in [0.15, 0.2) is 18.2 Å². The fourth-order valence-corrected chi connectivity index (χ4v) is 5.62. The first-order chi connectivity index (χ1) is 14.5. The number of aryl methyl sites for hydroxylation is 1. The van der Waals surface area contributed by atoms with Gasteiger partial charge in [0.1, 0.15) is 0 Å². The summed E-state index contributed by atoms with van der Waals surface area (Å²) in [6, 6.07) is 5.01. The molecule has 1 aliphatic rings. The van der Waals surface area contributed by atoms with E-state index in [-0.39, 0.29) is 29.6 Å². The van der Waals surface area contributed by atoms with Crippen LogP contribution >= 0.6 is 0 Å². The Morgan fingerprint density at radius 2 is 2.00 bits per heavy atom. The van der Waals surface area contributed by atoms with Crippen LogP contribution in [-0.2, 0) is 16.4 Å². The van der Waals surface area contributed by atoms with E-state index in [1.165, 1.54) is 0 Å². The summed E-state index contributed by atoms with van der Waals surface area (Å²) < 4.78 is 36.7. The SMILES string of the molecule is COc1cc(C(=O)N(C)Cc2c(C)nn([C@H]3CCS(=O)(=O)C3)c2C)ccc1OC(C)C. The molecule has 9 heteroatoms. The molecular weight excluding hydrogens is 418 g/mol. The van der Waals surface area contributed by atoms with Crippen LogP contribution < -0.4 is 9.47 Å². The third kappa shape index (κ3) is 5.03. The first kappa shape index (κ1) is 23.1. The molecule has 1 fully saturated rings. The lowest BCUT2D eigenvalue weighted by atomic mass is 10.1. The Balaban J connectivity index is 1.79. The zero-order valence-electron chi connectivity index (χ0n) is 19.0. The van der Waals surface area contributed by atoms with Gasteiger partial charge in [-0.25, -0.2) is 8.42 Å². The first-order valence-electron chi connectivity index (χ1n) is 10.4. The van der Waals surface area contributed by atoms with Gasteiger partial charge in [0.25, 0.3) is 5.91 Å². The fourth-order valence-electron chi connectivity index (χ4n) is 3.93. The van der Waals surface area contributed by atoms with Crippen LogP contribution in [0, 0.1) is 13.8 Å². The van der Waals surface area contributed by atoms with Gasteiger partial charge in [-0.15, -0.1) is 0 Å². The maximum Gasteiger partial charge on any atom is 0.254 e. The second-order valence-corrected chi connectivity index (χ2v) is 10.6. The van der Waals surface area contributed by atoms with Crippen LogP contribution in [0.4, 0.5) is 0 Å². The molecule has 0 spiro atoms. The highest BCUT2D eigenvalue weighted by molar-refractivity contribution is 7.91. The van der Waals surface area contributed by atoms with Crippen molar-refractivity contribution >= 4 is 15.7 Å². The van der Waals surface area contributed by atoms with E-state index in [4.69, 9.17) is 9.47 Å². The van der Waals surface area contributed by atoms with Crippen LogP contribution in [0.2, 0.25) is 0 Å². The number of hydrogen-bond acceptors (Lipinski definition) is 6. The Labute approximate surface area is 184 Å². The van der Waals surface area contributed by atoms with Gasteiger partial charge in [0.2, 0.25) is 0 Å². The Morgan fingerprint density at radius 1 is 1.29 bits per heavy atom. The molecule has 0 unspecified atom stereocenters. The molecule has 2 heterocycles. The zero-order valence-corrected chi connectivity index (χ0v) is 19.8. The van der Waals surface area contributed by atoms with E-state index >= 15 is 0 Å². The van der Waals surface area contributed by atoms with Crippen molar-refractivity contribution in [3.05, 3.63) is 40.7 Å². The number of nitrogens with zero attached hydrogens (tertiary/aromatic N) is 3. The summed E-state index contributed by atoms with van der Waals surface area (Å²) in [5.41, 5.74) is 3.14. The summed E-state index contributed by atoms with van der Waals surface area (Å²) >= 11 is 0. The summed E-state index contributed by atoms with van der Waals surface area (Å²) in [5, 5.41) is 4.59. The molecule has 170 valence electrons. The lowest BCUT2D eigenvalue weighted by molar-refractivity contribution is 0.0784. The quantitative estimate of drug-likeness (QED) is 0.646. The maximum atomic E-state index is 13.0. The Bertz CT molecular complexity index is 1080. The maximum absolute atomic E-state index is 13.0. The lowest BCUT2D eigenvalue weighted by Crippen LogP contribution is -2.27. The minimum absolute atomic E-state index is 0.00420. The monoisotopic (exact) mass is 449 g/mol. The standard InChI is InChI=1S/C22H31N3O5S/c1-14(2)30-20-8-7-17(11-21(20)29-6)22(26)24(5)12-19-15(3)23-25(16(19)4)18-9-10-31(27,28)13-18/h7-8,11,14,18H,9-10,12-13H2,1-6H3/t18-/m0/s1. The van der Waals surface area contributed by atoms with Crippen molar-refractivity contribution in [1.29, 1.82) is 0 Å². The van der Waals surface area contributed by atoms with Gasteiger partial charge in [-0.05, 0) is 52.3 Å². The first-order valence-corrected chi connectivity index (χ1v) is 12.2. The highest BCUT2D eigenvalue weighted by atomic mass is 32.2. The molecule has 0 radical (unpaired) electrons. The van der Waals surface area contributed by atoms with E-state index in [1.807, 2.05) is 32.4 Å². The van der Waals surface area contributed by atoms with Crippen molar-refractivity contribution in [3.8, 4) is 11.5 Å². The van der Waals surface area contributed by atoms with Gasteiger partial charge in [-0.3, -0.25) is 9.48 Å². The number of aromatic nitrogens is 2. The zero-order chi connectivity index (χ0) is 22.9. The molecular formula is C22H31N3O5S. The largest absolute Gasteiger partial charge is 0.493 e. The van der Waals surface area contributed by atoms with Crippen molar-refractivity contribution in [2.45, 2.75) is 52.8 Å². The molecule has 1 aromatic heterocycles. The number of ether oxygens (including phenoxy) is 2. The number of benzene rings is 1. The van der Waals surface area contributed by atoms with Crippen LogP contribution in [0.25, 0.3) is 0 Å². The topological polar surface area (TPSA) is 90.7 Å². The molecule has 1 atom stereocenters. The molecule has 1 aliphatic heterocycles. The second kappa shape index (κ2) is 8.90. The van der Waals surface area contributed by atoms with Crippen molar-refractivity contribution in [3.63, 3.8) is 0 Å². The molecule has 31 heavy (non-hydrogen) atoms. The number of amides is 1. The van der Waals surface area contributed by atoms with Crippen molar-refractivity contribution in [1.82, 2.24) is 14.7 Å². The van der Waals surface area contributed by atoms with Crippen LogP contribution in [0.3, 0.4) is 0 Å². The van der Waals surface area contributed by atoms with E-state index in [0.29, 0.717) is 30.0 Å².